The number of benzene rings is 1. The van der Waals surface area contributed by atoms with Crippen LogP contribution >= 0.6 is 0 Å². The lowest BCUT2D eigenvalue weighted by Gasteiger charge is -2.36. The van der Waals surface area contributed by atoms with Crippen LogP contribution in [0.15, 0.2) is 42.6 Å². The number of nitrogens with two attached hydrogens (primary N) is 1. The third-order valence-electron chi connectivity index (χ3n) is 4.76. The van der Waals surface area contributed by atoms with E-state index in [-0.39, 0.29) is 18.6 Å². The molecule has 3 rings (SSSR count). The van der Waals surface area contributed by atoms with Gasteiger partial charge in [0.1, 0.15) is 6.04 Å². The van der Waals surface area contributed by atoms with Crippen molar-refractivity contribution >= 4 is 5.91 Å². The van der Waals surface area contributed by atoms with Crippen LogP contribution in [-0.2, 0) is 11.3 Å². The van der Waals surface area contributed by atoms with Crippen LogP contribution in [0.4, 0.5) is 0 Å². The lowest BCUT2D eigenvalue weighted by molar-refractivity contribution is -0.124. The number of amides is 1. The third-order valence-corrected chi connectivity index (χ3v) is 4.76. The first-order valence-corrected chi connectivity index (χ1v) is 8.41. The minimum Gasteiger partial charge on any atom is -0.394 e. The molecule has 1 fully saturated rings. The van der Waals surface area contributed by atoms with E-state index < -0.39 is 0 Å². The Balaban J connectivity index is 1.69. The Morgan fingerprint density at radius 1 is 1.25 bits per heavy atom. The minimum absolute atomic E-state index is 0.0886. The summed E-state index contributed by atoms with van der Waals surface area (Å²) in [6, 6.07) is 11.4. The van der Waals surface area contributed by atoms with Crippen molar-refractivity contribution in [2.75, 3.05) is 19.7 Å². The summed E-state index contributed by atoms with van der Waals surface area (Å²) in [6.45, 7) is 2.25. The fourth-order valence-electron chi connectivity index (χ4n) is 3.62. The molecule has 1 saturated heterocycles. The fourth-order valence-corrected chi connectivity index (χ4v) is 3.62. The number of aromatic nitrogens is 2. The average Bonchev–Trinajstić information content (AvgIpc) is 3.05. The molecular formula is C18H24N4O2. The molecule has 1 aliphatic heterocycles. The molecule has 0 spiro atoms. The van der Waals surface area contributed by atoms with E-state index in [1.54, 1.807) is 6.20 Å². The molecule has 0 bridgehead atoms. The van der Waals surface area contributed by atoms with Crippen molar-refractivity contribution in [2.24, 2.45) is 5.73 Å². The van der Waals surface area contributed by atoms with Gasteiger partial charge in [-0.25, -0.2) is 0 Å². The number of likely N-dealkylation sites (tertiary alicyclic amines) is 1. The van der Waals surface area contributed by atoms with Crippen LogP contribution in [0.1, 0.15) is 36.1 Å². The molecule has 1 aromatic carbocycles. The first kappa shape index (κ1) is 16.7. The SMILES string of the molecule is NC(=O)C(c1ccccc1)N1CCC(c2ccnn2CCO)CC1. The molecule has 2 heterocycles. The van der Waals surface area contributed by atoms with Gasteiger partial charge in [0.2, 0.25) is 5.91 Å². The summed E-state index contributed by atoms with van der Waals surface area (Å²) < 4.78 is 1.88. The molecule has 1 atom stereocenters. The zero-order chi connectivity index (χ0) is 16.9. The molecule has 1 unspecified atom stereocenters. The molecule has 0 radical (unpaired) electrons. The van der Waals surface area contributed by atoms with Crippen LogP contribution in [0, 0.1) is 0 Å². The molecule has 3 N–H and O–H groups in total. The highest BCUT2D eigenvalue weighted by molar-refractivity contribution is 5.81. The van der Waals surface area contributed by atoms with E-state index in [1.165, 1.54) is 5.69 Å². The van der Waals surface area contributed by atoms with Crippen molar-refractivity contribution < 1.29 is 9.90 Å². The molecule has 0 aliphatic carbocycles. The summed E-state index contributed by atoms with van der Waals surface area (Å²) in [4.78, 5) is 14.2. The largest absolute Gasteiger partial charge is 0.394 e. The number of rotatable bonds is 6. The maximum absolute atomic E-state index is 12.0. The highest BCUT2D eigenvalue weighted by Crippen LogP contribution is 2.32. The molecule has 128 valence electrons. The number of hydrogen-bond donors (Lipinski definition) is 2. The number of aliphatic hydroxyl groups is 1. The van der Waals surface area contributed by atoms with Crippen LogP contribution in [0.2, 0.25) is 0 Å². The van der Waals surface area contributed by atoms with Crippen LogP contribution < -0.4 is 5.73 Å². The predicted molar refractivity (Wildman–Crippen MR) is 91.2 cm³/mol. The van der Waals surface area contributed by atoms with Gasteiger partial charge in [-0.05, 0) is 37.6 Å². The van der Waals surface area contributed by atoms with Gasteiger partial charge in [-0.1, -0.05) is 30.3 Å². The van der Waals surface area contributed by atoms with E-state index in [1.807, 2.05) is 41.1 Å². The number of hydrogen-bond acceptors (Lipinski definition) is 4. The van der Waals surface area contributed by atoms with Crippen LogP contribution in [0.5, 0.6) is 0 Å². The van der Waals surface area contributed by atoms with Crippen LogP contribution in [-0.4, -0.2) is 45.4 Å². The van der Waals surface area contributed by atoms with Crippen molar-refractivity contribution in [1.29, 1.82) is 0 Å². The zero-order valence-corrected chi connectivity index (χ0v) is 13.7. The minimum atomic E-state index is -0.366. The van der Waals surface area contributed by atoms with E-state index in [2.05, 4.69) is 10.00 Å². The van der Waals surface area contributed by atoms with Crippen molar-refractivity contribution in [3.8, 4) is 0 Å². The molecule has 6 heteroatoms. The van der Waals surface area contributed by atoms with E-state index in [0.717, 1.165) is 31.5 Å². The third kappa shape index (κ3) is 3.49. The van der Waals surface area contributed by atoms with Gasteiger partial charge in [0.25, 0.3) is 0 Å². The lowest BCUT2D eigenvalue weighted by atomic mass is 9.91. The standard InChI is InChI=1S/C18H24N4O2/c19-18(24)17(15-4-2-1-3-5-15)21-10-7-14(8-11-21)16-6-9-20-22(16)12-13-23/h1-6,9,14,17,23H,7-8,10-13H2,(H2,19,24). The van der Waals surface area contributed by atoms with E-state index in [4.69, 9.17) is 10.8 Å². The first-order chi connectivity index (χ1) is 11.7. The number of carbonyl (C=O) groups excluding carboxylic acids is 1. The number of carbonyl (C=O) groups is 1. The summed E-state index contributed by atoms with van der Waals surface area (Å²) in [5, 5.41) is 13.4. The van der Waals surface area contributed by atoms with Crippen LogP contribution in [0.3, 0.4) is 0 Å². The predicted octanol–water partition coefficient (Wildman–Crippen LogP) is 1.28. The second kappa shape index (κ2) is 7.59. The Bertz CT molecular complexity index is 663. The Morgan fingerprint density at radius 2 is 1.96 bits per heavy atom. The highest BCUT2D eigenvalue weighted by atomic mass is 16.3. The fraction of sp³-hybridized carbons (Fsp3) is 0.444. The second-order valence-electron chi connectivity index (χ2n) is 6.23. The van der Waals surface area contributed by atoms with Crippen LogP contribution in [0.25, 0.3) is 0 Å². The normalized spacial score (nSPS) is 17.7. The zero-order valence-electron chi connectivity index (χ0n) is 13.7. The Kier molecular flexibility index (Phi) is 5.27. The Morgan fingerprint density at radius 3 is 2.58 bits per heavy atom. The van der Waals surface area contributed by atoms with E-state index >= 15 is 0 Å². The lowest BCUT2D eigenvalue weighted by Crippen LogP contribution is -2.42. The Labute approximate surface area is 141 Å². The quantitative estimate of drug-likeness (QED) is 0.837. The van der Waals surface area contributed by atoms with Gasteiger partial charge in [0, 0.05) is 17.8 Å². The monoisotopic (exact) mass is 328 g/mol. The summed E-state index contributed by atoms with van der Waals surface area (Å²) in [5.74, 6) is 0.101. The van der Waals surface area contributed by atoms with E-state index in [9.17, 15) is 4.79 Å². The summed E-state index contributed by atoms with van der Waals surface area (Å²) in [6.07, 6.45) is 3.69. The molecule has 0 saturated carbocycles. The molecule has 1 amide bonds. The van der Waals surface area contributed by atoms with Crippen molar-refractivity contribution in [3.05, 3.63) is 53.9 Å². The Hall–Kier alpha value is -2.18. The van der Waals surface area contributed by atoms with Gasteiger partial charge in [-0.3, -0.25) is 14.4 Å². The topological polar surface area (TPSA) is 84.4 Å². The molecule has 24 heavy (non-hydrogen) atoms. The second-order valence-corrected chi connectivity index (χ2v) is 6.23. The maximum Gasteiger partial charge on any atom is 0.239 e. The highest BCUT2D eigenvalue weighted by Gasteiger charge is 2.31. The smallest absolute Gasteiger partial charge is 0.239 e. The first-order valence-electron chi connectivity index (χ1n) is 8.41. The number of nitrogens with zero attached hydrogens (tertiary/aromatic N) is 3. The van der Waals surface area contributed by atoms with Gasteiger partial charge in [0.05, 0.1) is 13.2 Å². The van der Waals surface area contributed by atoms with Crippen molar-refractivity contribution in [3.63, 3.8) is 0 Å². The van der Waals surface area contributed by atoms with Gasteiger partial charge in [-0.15, -0.1) is 0 Å². The van der Waals surface area contributed by atoms with Crippen molar-refractivity contribution in [1.82, 2.24) is 14.7 Å². The molecular weight excluding hydrogens is 304 g/mol. The molecule has 1 aromatic heterocycles. The number of piperidine rings is 1. The van der Waals surface area contributed by atoms with E-state index in [0.29, 0.717) is 12.5 Å². The molecule has 1 aliphatic rings. The molecule has 2 aromatic rings. The van der Waals surface area contributed by atoms with Gasteiger partial charge < -0.3 is 10.8 Å². The number of aliphatic hydroxyl groups excluding tert-OH is 1. The molecule has 6 nitrogen and oxygen atoms in total. The maximum atomic E-state index is 12.0. The van der Waals surface area contributed by atoms with Crippen molar-refractivity contribution in [2.45, 2.75) is 31.3 Å². The summed E-state index contributed by atoms with van der Waals surface area (Å²) >= 11 is 0. The van der Waals surface area contributed by atoms with Gasteiger partial charge in [0.15, 0.2) is 0 Å². The van der Waals surface area contributed by atoms with Gasteiger partial charge >= 0.3 is 0 Å². The summed E-state index contributed by atoms with van der Waals surface area (Å²) in [5.41, 5.74) is 7.79. The number of primary amides is 1. The van der Waals surface area contributed by atoms with Gasteiger partial charge in [-0.2, -0.15) is 5.10 Å². The summed E-state index contributed by atoms with van der Waals surface area (Å²) in [7, 11) is 0. The average molecular weight is 328 g/mol.